The molecule has 0 heterocycles. The molecule has 1 aromatic carbocycles. The van der Waals surface area contributed by atoms with E-state index < -0.39 is 6.61 Å². The SMILES string of the molecule is CN=C(NC)NCc1cc(Cl)ccc1OC(F)F.I. The van der Waals surface area contributed by atoms with Gasteiger partial charge in [0.05, 0.1) is 0 Å². The van der Waals surface area contributed by atoms with Gasteiger partial charge in [0.25, 0.3) is 0 Å². The Morgan fingerprint density at radius 1 is 1.47 bits per heavy atom. The van der Waals surface area contributed by atoms with Gasteiger partial charge in [-0.2, -0.15) is 8.78 Å². The molecule has 2 N–H and O–H groups in total. The quantitative estimate of drug-likeness (QED) is 0.460. The van der Waals surface area contributed by atoms with Crippen LogP contribution in [-0.2, 0) is 6.54 Å². The number of aliphatic imine (C=N–C) groups is 1. The van der Waals surface area contributed by atoms with Gasteiger partial charge in [-0.3, -0.25) is 4.99 Å². The zero-order valence-electron chi connectivity index (χ0n) is 10.4. The molecule has 0 aromatic heterocycles. The first-order valence-corrected chi connectivity index (χ1v) is 5.56. The smallest absolute Gasteiger partial charge is 0.387 e. The van der Waals surface area contributed by atoms with Gasteiger partial charge >= 0.3 is 6.61 Å². The second kappa shape index (κ2) is 9.13. The molecule has 0 aliphatic rings. The van der Waals surface area contributed by atoms with E-state index in [2.05, 4.69) is 20.4 Å². The summed E-state index contributed by atoms with van der Waals surface area (Å²) in [6, 6.07) is 4.47. The number of rotatable bonds is 4. The highest BCUT2D eigenvalue weighted by molar-refractivity contribution is 14.0. The third kappa shape index (κ3) is 6.24. The molecule has 0 spiro atoms. The van der Waals surface area contributed by atoms with Crippen molar-refractivity contribution in [1.82, 2.24) is 10.6 Å². The van der Waals surface area contributed by atoms with Gasteiger partial charge in [0.15, 0.2) is 5.96 Å². The first-order chi connectivity index (χ1) is 8.56. The Balaban J connectivity index is 0.00000324. The monoisotopic (exact) mass is 405 g/mol. The van der Waals surface area contributed by atoms with Gasteiger partial charge in [0, 0.05) is 31.2 Å². The van der Waals surface area contributed by atoms with Gasteiger partial charge in [-0.05, 0) is 18.2 Å². The fourth-order valence-corrected chi connectivity index (χ4v) is 1.55. The predicted molar refractivity (Wildman–Crippen MR) is 82.8 cm³/mol. The minimum Gasteiger partial charge on any atom is -0.434 e. The van der Waals surface area contributed by atoms with Gasteiger partial charge in [0.2, 0.25) is 0 Å². The lowest BCUT2D eigenvalue weighted by molar-refractivity contribution is -0.0504. The normalized spacial score (nSPS) is 10.9. The summed E-state index contributed by atoms with van der Waals surface area (Å²) in [5.41, 5.74) is 0.527. The molecule has 0 aliphatic carbocycles. The summed E-state index contributed by atoms with van der Waals surface area (Å²) < 4.78 is 28.8. The van der Waals surface area contributed by atoms with Crippen LogP contribution in [0.25, 0.3) is 0 Å². The molecule has 19 heavy (non-hydrogen) atoms. The standard InChI is InChI=1S/C11H14ClF2N3O.HI/c1-15-11(16-2)17-6-7-5-8(12)3-4-9(7)18-10(13)14;/h3-5,10H,6H2,1-2H3,(H2,15,16,17);1H. The molecule has 0 unspecified atom stereocenters. The molecule has 8 heteroatoms. The van der Waals surface area contributed by atoms with Crippen LogP contribution in [0.5, 0.6) is 5.75 Å². The van der Waals surface area contributed by atoms with E-state index in [9.17, 15) is 8.78 Å². The summed E-state index contributed by atoms with van der Waals surface area (Å²) in [6.07, 6.45) is 0. The number of alkyl halides is 2. The lowest BCUT2D eigenvalue weighted by Gasteiger charge is -2.13. The van der Waals surface area contributed by atoms with E-state index in [4.69, 9.17) is 11.6 Å². The van der Waals surface area contributed by atoms with Gasteiger partial charge in [-0.15, -0.1) is 24.0 Å². The Morgan fingerprint density at radius 2 is 2.16 bits per heavy atom. The molecule has 0 amide bonds. The molecule has 1 rings (SSSR count). The highest BCUT2D eigenvalue weighted by atomic mass is 127. The van der Waals surface area contributed by atoms with Gasteiger partial charge in [0.1, 0.15) is 5.75 Å². The van der Waals surface area contributed by atoms with Crippen LogP contribution in [0, 0.1) is 0 Å². The maximum atomic E-state index is 12.2. The Morgan fingerprint density at radius 3 is 2.68 bits per heavy atom. The van der Waals surface area contributed by atoms with E-state index in [0.717, 1.165) is 0 Å². The molecule has 0 bridgehead atoms. The first-order valence-electron chi connectivity index (χ1n) is 5.18. The second-order valence-electron chi connectivity index (χ2n) is 3.31. The Bertz CT molecular complexity index is 432. The minimum absolute atomic E-state index is 0. The summed E-state index contributed by atoms with van der Waals surface area (Å²) in [7, 11) is 3.30. The van der Waals surface area contributed by atoms with Crippen molar-refractivity contribution in [2.75, 3.05) is 14.1 Å². The molecule has 0 radical (unpaired) electrons. The van der Waals surface area contributed by atoms with Crippen molar-refractivity contribution in [2.24, 2.45) is 4.99 Å². The second-order valence-corrected chi connectivity index (χ2v) is 3.74. The van der Waals surface area contributed by atoms with E-state index in [1.54, 1.807) is 20.2 Å². The summed E-state index contributed by atoms with van der Waals surface area (Å²) >= 11 is 5.82. The Hall–Kier alpha value is -0.830. The number of guanidine groups is 1. The van der Waals surface area contributed by atoms with Gasteiger partial charge < -0.3 is 15.4 Å². The van der Waals surface area contributed by atoms with E-state index in [-0.39, 0.29) is 36.3 Å². The molecule has 0 saturated carbocycles. The fraction of sp³-hybridized carbons (Fsp3) is 0.364. The maximum absolute atomic E-state index is 12.2. The molecule has 0 saturated heterocycles. The molecular weight excluding hydrogens is 390 g/mol. The number of hydrogen-bond acceptors (Lipinski definition) is 2. The molecule has 1 aromatic rings. The van der Waals surface area contributed by atoms with Crippen molar-refractivity contribution in [2.45, 2.75) is 13.2 Å². The fourth-order valence-electron chi connectivity index (χ4n) is 1.36. The van der Waals surface area contributed by atoms with Crippen molar-refractivity contribution in [1.29, 1.82) is 0 Å². The number of halogens is 4. The number of nitrogens with one attached hydrogen (secondary N) is 2. The maximum Gasteiger partial charge on any atom is 0.387 e. The third-order valence-corrected chi connectivity index (χ3v) is 2.38. The molecule has 0 fully saturated rings. The van der Waals surface area contributed by atoms with Crippen LogP contribution in [-0.4, -0.2) is 26.7 Å². The Kier molecular flexibility index (Phi) is 8.73. The van der Waals surface area contributed by atoms with Crippen molar-refractivity contribution >= 4 is 41.5 Å². The van der Waals surface area contributed by atoms with Crippen LogP contribution in [0.3, 0.4) is 0 Å². The lowest BCUT2D eigenvalue weighted by atomic mass is 10.2. The molecule has 0 aliphatic heterocycles. The molecular formula is C11H15ClF2IN3O. The Labute approximate surface area is 132 Å². The first kappa shape index (κ1) is 18.2. The lowest BCUT2D eigenvalue weighted by Crippen LogP contribution is -2.34. The van der Waals surface area contributed by atoms with E-state index in [1.807, 2.05) is 0 Å². The van der Waals surface area contributed by atoms with Crippen molar-refractivity contribution in [3.8, 4) is 5.75 Å². The molecule has 4 nitrogen and oxygen atoms in total. The van der Waals surface area contributed by atoms with Crippen LogP contribution in [0.2, 0.25) is 5.02 Å². The molecule has 108 valence electrons. The van der Waals surface area contributed by atoms with Crippen LogP contribution in [0.15, 0.2) is 23.2 Å². The van der Waals surface area contributed by atoms with Crippen molar-refractivity contribution < 1.29 is 13.5 Å². The highest BCUT2D eigenvalue weighted by Gasteiger charge is 2.10. The van der Waals surface area contributed by atoms with Gasteiger partial charge in [-0.25, -0.2) is 0 Å². The van der Waals surface area contributed by atoms with E-state index in [0.29, 0.717) is 16.5 Å². The number of benzene rings is 1. The number of ether oxygens (including phenoxy) is 1. The zero-order valence-corrected chi connectivity index (χ0v) is 13.5. The highest BCUT2D eigenvalue weighted by Crippen LogP contribution is 2.24. The van der Waals surface area contributed by atoms with E-state index >= 15 is 0 Å². The van der Waals surface area contributed by atoms with Crippen LogP contribution < -0.4 is 15.4 Å². The third-order valence-electron chi connectivity index (χ3n) is 2.15. The summed E-state index contributed by atoms with van der Waals surface area (Å²) in [6.45, 7) is -2.59. The van der Waals surface area contributed by atoms with Crippen molar-refractivity contribution in [3.63, 3.8) is 0 Å². The van der Waals surface area contributed by atoms with Crippen LogP contribution in [0.4, 0.5) is 8.78 Å². The predicted octanol–water partition coefficient (Wildman–Crippen LogP) is 2.85. The largest absolute Gasteiger partial charge is 0.434 e. The summed E-state index contributed by atoms with van der Waals surface area (Å²) in [5, 5.41) is 6.20. The average molecular weight is 406 g/mol. The topological polar surface area (TPSA) is 45.7 Å². The van der Waals surface area contributed by atoms with Crippen LogP contribution in [0.1, 0.15) is 5.56 Å². The molecule has 0 atom stereocenters. The van der Waals surface area contributed by atoms with Gasteiger partial charge in [-0.1, -0.05) is 11.6 Å². The van der Waals surface area contributed by atoms with Crippen LogP contribution >= 0.6 is 35.6 Å². The van der Waals surface area contributed by atoms with Crippen molar-refractivity contribution in [3.05, 3.63) is 28.8 Å². The summed E-state index contributed by atoms with van der Waals surface area (Å²) in [5.74, 6) is 0.631. The average Bonchev–Trinajstić information content (AvgIpc) is 2.33. The minimum atomic E-state index is -2.87. The summed E-state index contributed by atoms with van der Waals surface area (Å²) in [4.78, 5) is 3.91. The zero-order chi connectivity index (χ0) is 13.5. The number of nitrogens with zero attached hydrogens (tertiary/aromatic N) is 1. The number of hydrogen-bond donors (Lipinski definition) is 2. The van der Waals surface area contributed by atoms with E-state index in [1.165, 1.54) is 12.1 Å².